The molecule has 2 heterocycles. The SMILES string of the molecule is Brc1ccc(NCc2ccc3c(c2)CCCS3)nc1. The van der Waals surface area contributed by atoms with Crippen molar-refractivity contribution in [3.05, 3.63) is 52.1 Å². The molecular formula is C15H15BrN2S. The molecule has 1 aliphatic rings. The molecule has 4 heteroatoms. The van der Waals surface area contributed by atoms with E-state index in [1.54, 1.807) is 0 Å². The van der Waals surface area contributed by atoms with Crippen LogP contribution in [0, 0.1) is 0 Å². The Morgan fingerprint density at radius 1 is 1.26 bits per heavy atom. The van der Waals surface area contributed by atoms with Crippen molar-refractivity contribution in [2.45, 2.75) is 24.3 Å². The Morgan fingerprint density at radius 2 is 2.21 bits per heavy atom. The molecule has 0 saturated heterocycles. The van der Waals surface area contributed by atoms with Gasteiger partial charge in [0.1, 0.15) is 5.82 Å². The summed E-state index contributed by atoms with van der Waals surface area (Å²) in [6.07, 6.45) is 4.32. The van der Waals surface area contributed by atoms with Gasteiger partial charge in [0.15, 0.2) is 0 Å². The van der Waals surface area contributed by atoms with E-state index in [0.717, 1.165) is 16.8 Å². The quantitative estimate of drug-likeness (QED) is 0.894. The third-order valence-corrected chi connectivity index (χ3v) is 4.85. The first-order valence-corrected chi connectivity index (χ1v) is 8.19. The Bertz CT molecular complexity index is 569. The zero-order chi connectivity index (χ0) is 13.1. The van der Waals surface area contributed by atoms with Crippen molar-refractivity contribution in [2.24, 2.45) is 0 Å². The summed E-state index contributed by atoms with van der Waals surface area (Å²) in [7, 11) is 0. The number of aryl methyl sites for hydroxylation is 1. The second-order valence-electron chi connectivity index (χ2n) is 4.61. The topological polar surface area (TPSA) is 24.9 Å². The standard InChI is InChI=1S/C15H15BrN2S/c16-13-4-6-15(18-10-13)17-9-11-3-5-14-12(8-11)2-1-7-19-14/h3-6,8,10H,1-2,7,9H2,(H,17,18). The smallest absolute Gasteiger partial charge is 0.126 e. The fourth-order valence-electron chi connectivity index (χ4n) is 2.20. The third kappa shape index (κ3) is 3.31. The van der Waals surface area contributed by atoms with Crippen LogP contribution >= 0.6 is 27.7 Å². The van der Waals surface area contributed by atoms with Gasteiger partial charge in [-0.25, -0.2) is 4.98 Å². The predicted molar refractivity (Wildman–Crippen MR) is 84.8 cm³/mol. The number of hydrogen-bond acceptors (Lipinski definition) is 3. The summed E-state index contributed by atoms with van der Waals surface area (Å²) >= 11 is 5.37. The van der Waals surface area contributed by atoms with E-state index in [0.29, 0.717) is 0 Å². The Balaban J connectivity index is 1.68. The highest BCUT2D eigenvalue weighted by Gasteiger charge is 2.09. The van der Waals surface area contributed by atoms with E-state index in [4.69, 9.17) is 0 Å². The van der Waals surface area contributed by atoms with E-state index in [2.05, 4.69) is 44.4 Å². The number of aromatic nitrogens is 1. The summed E-state index contributed by atoms with van der Waals surface area (Å²) in [6, 6.07) is 10.8. The molecule has 2 nitrogen and oxygen atoms in total. The van der Waals surface area contributed by atoms with E-state index in [1.807, 2.05) is 30.1 Å². The monoisotopic (exact) mass is 334 g/mol. The van der Waals surface area contributed by atoms with Gasteiger partial charge in [0, 0.05) is 22.1 Å². The number of anilines is 1. The van der Waals surface area contributed by atoms with Gasteiger partial charge in [-0.1, -0.05) is 12.1 Å². The van der Waals surface area contributed by atoms with Gasteiger partial charge in [0.2, 0.25) is 0 Å². The highest BCUT2D eigenvalue weighted by atomic mass is 79.9. The summed E-state index contributed by atoms with van der Waals surface area (Å²) in [4.78, 5) is 5.77. The first-order valence-electron chi connectivity index (χ1n) is 6.41. The maximum atomic E-state index is 4.32. The molecule has 0 amide bonds. The highest BCUT2D eigenvalue weighted by Crippen LogP contribution is 2.30. The molecule has 19 heavy (non-hydrogen) atoms. The number of fused-ring (bicyclic) bond motifs is 1. The van der Waals surface area contributed by atoms with Gasteiger partial charge in [-0.2, -0.15) is 0 Å². The molecule has 0 atom stereocenters. The van der Waals surface area contributed by atoms with Crippen LogP contribution in [0.2, 0.25) is 0 Å². The fraction of sp³-hybridized carbons (Fsp3) is 0.267. The number of benzene rings is 1. The number of pyridine rings is 1. The summed E-state index contributed by atoms with van der Waals surface area (Å²) in [5.41, 5.74) is 2.82. The van der Waals surface area contributed by atoms with E-state index in [-0.39, 0.29) is 0 Å². The van der Waals surface area contributed by atoms with Gasteiger partial charge in [-0.05, 0) is 63.9 Å². The Hall–Kier alpha value is -1.00. The van der Waals surface area contributed by atoms with Crippen molar-refractivity contribution in [1.82, 2.24) is 4.98 Å². The normalized spacial score (nSPS) is 13.9. The minimum absolute atomic E-state index is 0.826. The Labute approximate surface area is 126 Å². The number of nitrogens with zero attached hydrogens (tertiary/aromatic N) is 1. The van der Waals surface area contributed by atoms with E-state index < -0.39 is 0 Å². The fourth-order valence-corrected chi connectivity index (χ4v) is 3.45. The van der Waals surface area contributed by atoms with Crippen LogP contribution < -0.4 is 5.32 Å². The van der Waals surface area contributed by atoms with Crippen LogP contribution in [0.3, 0.4) is 0 Å². The number of nitrogens with one attached hydrogen (secondary N) is 1. The third-order valence-electron chi connectivity index (χ3n) is 3.17. The molecule has 1 aromatic carbocycles. The predicted octanol–water partition coefficient (Wildman–Crippen LogP) is 4.49. The van der Waals surface area contributed by atoms with Crippen molar-refractivity contribution < 1.29 is 0 Å². The lowest BCUT2D eigenvalue weighted by atomic mass is 10.1. The first kappa shape index (κ1) is 13.0. The van der Waals surface area contributed by atoms with Crippen LogP contribution in [-0.4, -0.2) is 10.7 Å². The number of rotatable bonds is 3. The van der Waals surface area contributed by atoms with Crippen LogP contribution in [0.1, 0.15) is 17.5 Å². The average Bonchev–Trinajstić information content (AvgIpc) is 2.46. The number of thioether (sulfide) groups is 1. The molecule has 98 valence electrons. The van der Waals surface area contributed by atoms with Crippen LogP contribution in [0.5, 0.6) is 0 Å². The van der Waals surface area contributed by atoms with Gasteiger partial charge in [-0.3, -0.25) is 0 Å². The van der Waals surface area contributed by atoms with Gasteiger partial charge in [0.25, 0.3) is 0 Å². The van der Waals surface area contributed by atoms with Gasteiger partial charge >= 0.3 is 0 Å². The number of hydrogen-bond donors (Lipinski definition) is 1. The lowest BCUT2D eigenvalue weighted by Gasteiger charge is -2.16. The molecule has 0 bridgehead atoms. The van der Waals surface area contributed by atoms with Gasteiger partial charge in [0.05, 0.1) is 0 Å². The lowest BCUT2D eigenvalue weighted by Crippen LogP contribution is -2.04. The molecular weight excluding hydrogens is 320 g/mol. The molecule has 3 rings (SSSR count). The summed E-state index contributed by atoms with van der Waals surface area (Å²) in [5.74, 6) is 2.17. The molecule has 0 saturated carbocycles. The van der Waals surface area contributed by atoms with E-state index in [9.17, 15) is 0 Å². The summed E-state index contributed by atoms with van der Waals surface area (Å²) < 4.78 is 1.00. The molecule has 0 aliphatic carbocycles. The summed E-state index contributed by atoms with van der Waals surface area (Å²) in [6.45, 7) is 0.826. The minimum atomic E-state index is 0.826. The van der Waals surface area contributed by atoms with E-state index in [1.165, 1.54) is 34.6 Å². The molecule has 1 aromatic heterocycles. The molecule has 0 unspecified atom stereocenters. The van der Waals surface area contributed by atoms with Crippen molar-refractivity contribution >= 4 is 33.5 Å². The van der Waals surface area contributed by atoms with Crippen LogP contribution in [0.25, 0.3) is 0 Å². The maximum absolute atomic E-state index is 4.32. The highest BCUT2D eigenvalue weighted by molar-refractivity contribution is 9.10. The second-order valence-corrected chi connectivity index (χ2v) is 6.66. The van der Waals surface area contributed by atoms with Crippen molar-refractivity contribution in [2.75, 3.05) is 11.1 Å². The van der Waals surface area contributed by atoms with Crippen LogP contribution in [0.4, 0.5) is 5.82 Å². The molecule has 0 spiro atoms. The van der Waals surface area contributed by atoms with E-state index >= 15 is 0 Å². The number of halogens is 1. The molecule has 1 N–H and O–H groups in total. The lowest BCUT2D eigenvalue weighted by molar-refractivity contribution is 0.884. The maximum Gasteiger partial charge on any atom is 0.126 e. The van der Waals surface area contributed by atoms with Crippen LogP contribution in [0.15, 0.2) is 45.9 Å². The van der Waals surface area contributed by atoms with Crippen molar-refractivity contribution in [3.8, 4) is 0 Å². The average molecular weight is 335 g/mol. The second kappa shape index (κ2) is 5.97. The van der Waals surface area contributed by atoms with Gasteiger partial charge in [-0.15, -0.1) is 11.8 Å². The zero-order valence-corrected chi connectivity index (χ0v) is 12.9. The first-order chi connectivity index (χ1) is 9.31. The molecule has 0 radical (unpaired) electrons. The molecule has 1 aliphatic heterocycles. The Morgan fingerprint density at radius 3 is 3.05 bits per heavy atom. The minimum Gasteiger partial charge on any atom is -0.366 e. The molecule has 0 fully saturated rings. The molecule has 2 aromatic rings. The van der Waals surface area contributed by atoms with Crippen molar-refractivity contribution in [3.63, 3.8) is 0 Å². The summed E-state index contributed by atoms with van der Waals surface area (Å²) in [5, 5.41) is 3.36. The largest absolute Gasteiger partial charge is 0.366 e. The Kier molecular flexibility index (Phi) is 4.09. The van der Waals surface area contributed by atoms with Crippen molar-refractivity contribution in [1.29, 1.82) is 0 Å². The zero-order valence-electron chi connectivity index (χ0n) is 10.5. The van der Waals surface area contributed by atoms with Gasteiger partial charge < -0.3 is 5.32 Å². The van der Waals surface area contributed by atoms with Crippen LogP contribution in [-0.2, 0) is 13.0 Å².